The number of piperazine rings is 1. The Hall–Kier alpha value is -2.63. The van der Waals surface area contributed by atoms with E-state index in [4.69, 9.17) is 0 Å². The number of aryl methyl sites for hydroxylation is 3. The van der Waals surface area contributed by atoms with Gasteiger partial charge in [-0.2, -0.15) is 0 Å². The molecule has 0 radical (unpaired) electrons. The van der Waals surface area contributed by atoms with Crippen LogP contribution >= 0.6 is 0 Å². The lowest BCUT2D eigenvalue weighted by Crippen LogP contribution is -2.54. The minimum absolute atomic E-state index is 0.0136. The number of carbonyl (C=O) groups excluding carboxylic acids is 1. The van der Waals surface area contributed by atoms with Gasteiger partial charge in [0.2, 0.25) is 5.91 Å². The number of anilines is 1. The van der Waals surface area contributed by atoms with Crippen molar-refractivity contribution < 1.29 is 4.79 Å². The van der Waals surface area contributed by atoms with Crippen LogP contribution in [-0.2, 0) is 11.2 Å². The van der Waals surface area contributed by atoms with Gasteiger partial charge in [-0.25, -0.2) is 4.98 Å². The molecule has 1 fully saturated rings. The SMILES string of the molecule is Cc1ccc(N2CCN(C(=O)Cc3c(C)nc(C)[nH]c3=O)[C@@H](C)C2)cc1. The molecule has 0 aliphatic carbocycles. The predicted molar refractivity (Wildman–Crippen MR) is 103 cm³/mol. The normalized spacial score (nSPS) is 17.5. The van der Waals surface area contributed by atoms with E-state index < -0.39 is 0 Å². The van der Waals surface area contributed by atoms with Gasteiger partial charge in [-0.05, 0) is 39.8 Å². The topological polar surface area (TPSA) is 69.3 Å². The Bertz CT molecular complexity index is 857. The van der Waals surface area contributed by atoms with Gasteiger partial charge in [0.1, 0.15) is 5.82 Å². The van der Waals surface area contributed by atoms with Crippen LogP contribution < -0.4 is 10.5 Å². The zero-order valence-electron chi connectivity index (χ0n) is 15.9. The minimum atomic E-state index is -0.214. The van der Waals surface area contributed by atoms with Gasteiger partial charge in [0.15, 0.2) is 0 Å². The molecule has 0 saturated carbocycles. The van der Waals surface area contributed by atoms with Gasteiger partial charge >= 0.3 is 0 Å². The molecule has 0 spiro atoms. The van der Waals surface area contributed by atoms with Crippen molar-refractivity contribution in [2.24, 2.45) is 0 Å². The molecule has 26 heavy (non-hydrogen) atoms. The average molecular weight is 354 g/mol. The molecule has 6 heteroatoms. The standard InChI is InChI=1S/C20H26N4O2/c1-13-5-7-17(8-6-13)23-9-10-24(14(2)12-23)19(25)11-18-15(3)21-16(4)22-20(18)26/h5-8,14H,9-12H2,1-4H3,(H,21,22,26)/t14-/m0/s1. The molecule has 1 atom stereocenters. The summed E-state index contributed by atoms with van der Waals surface area (Å²) in [6, 6.07) is 8.56. The summed E-state index contributed by atoms with van der Waals surface area (Å²) in [4.78, 5) is 36.1. The van der Waals surface area contributed by atoms with Crippen molar-refractivity contribution in [2.45, 2.75) is 40.2 Å². The number of aromatic nitrogens is 2. The van der Waals surface area contributed by atoms with Crippen LogP contribution in [0.25, 0.3) is 0 Å². The summed E-state index contributed by atoms with van der Waals surface area (Å²) in [7, 11) is 0. The van der Waals surface area contributed by atoms with Crippen LogP contribution in [-0.4, -0.2) is 46.5 Å². The van der Waals surface area contributed by atoms with E-state index >= 15 is 0 Å². The lowest BCUT2D eigenvalue weighted by molar-refractivity contribution is -0.132. The third kappa shape index (κ3) is 3.79. The highest BCUT2D eigenvalue weighted by Gasteiger charge is 2.28. The van der Waals surface area contributed by atoms with Crippen molar-refractivity contribution in [3.63, 3.8) is 0 Å². The van der Waals surface area contributed by atoms with Crippen molar-refractivity contribution >= 4 is 11.6 Å². The first-order valence-corrected chi connectivity index (χ1v) is 9.02. The number of H-pyrrole nitrogens is 1. The van der Waals surface area contributed by atoms with Crippen LogP contribution in [0.2, 0.25) is 0 Å². The van der Waals surface area contributed by atoms with E-state index in [0.29, 0.717) is 23.6 Å². The van der Waals surface area contributed by atoms with Crippen molar-refractivity contribution in [2.75, 3.05) is 24.5 Å². The van der Waals surface area contributed by atoms with E-state index in [9.17, 15) is 9.59 Å². The van der Waals surface area contributed by atoms with E-state index in [2.05, 4.69) is 53.0 Å². The largest absolute Gasteiger partial charge is 0.368 e. The van der Waals surface area contributed by atoms with Gasteiger partial charge in [0, 0.05) is 42.6 Å². The number of amides is 1. The summed E-state index contributed by atoms with van der Waals surface area (Å²) in [5.74, 6) is 0.559. The Morgan fingerprint density at radius 2 is 1.88 bits per heavy atom. The number of aromatic amines is 1. The highest BCUT2D eigenvalue weighted by molar-refractivity contribution is 5.79. The Morgan fingerprint density at radius 3 is 2.50 bits per heavy atom. The van der Waals surface area contributed by atoms with Crippen molar-refractivity contribution in [3.8, 4) is 0 Å². The number of benzene rings is 1. The fourth-order valence-corrected chi connectivity index (χ4v) is 3.53. The maximum absolute atomic E-state index is 12.8. The molecule has 138 valence electrons. The van der Waals surface area contributed by atoms with Gasteiger partial charge in [-0.1, -0.05) is 17.7 Å². The second-order valence-corrected chi connectivity index (χ2v) is 7.11. The molecule has 1 N–H and O–H groups in total. The summed E-state index contributed by atoms with van der Waals surface area (Å²) in [5.41, 5.74) is 3.31. The second kappa shape index (κ2) is 7.32. The lowest BCUT2D eigenvalue weighted by atomic mass is 10.1. The molecule has 1 amide bonds. The van der Waals surface area contributed by atoms with E-state index in [-0.39, 0.29) is 23.9 Å². The Balaban J connectivity index is 1.69. The fourth-order valence-electron chi connectivity index (χ4n) is 3.53. The van der Waals surface area contributed by atoms with Crippen LogP contribution in [0.1, 0.15) is 29.6 Å². The molecule has 0 unspecified atom stereocenters. The summed E-state index contributed by atoms with van der Waals surface area (Å²) in [6.45, 7) is 9.90. The van der Waals surface area contributed by atoms with Crippen LogP contribution in [0, 0.1) is 20.8 Å². The van der Waals surface area contributed by atoms with E-state index in [1.54, 1.807) is 13.8 Å². The molecule has 2 heterocycles. The van der Waals surface area contributed by atoms with Gasteiger partial charge in [-0.15, -0.1) is 0 Å². The van der Waals surface area contributed by atoms with Gasteiger partial charge in [-0.3, -0.25) is 9.59 Å². The Morgan fingerprint density at radius 1 is 1.19 bits per heavy atom. The number of hydrogen-bond donors (Lipinski definition) is 1. The zero-order valence-corrected chi connectivity index (χ0v) is 15.9. The number of nitrogens with zero attached hydrogens (tertiary/aromatic N) is 3. The maximum Gasteiger partial charge on any atom is 0.254 e. The molecule has 1 aromatic carbocycles. The number of rotatable bonds is 3. The quantitative estimate of drug-likeness (QED) is 0.915. The summed E-state index contributed by atoms with van der Waals surface area (Å²) in [5, 5.41) is 0. The fraction of sp³-hybridized carbons (Fsp3) is 0.450. The van der Waals surface area contributed by atoms with Crippen molar-refractivity contribution in [1.82, 2.24) is 14.9 Å². The third-order valence-corrected chi connectivity index (χ3v) is 5.02. The first kappa shape index (κ1) is 18.2. The van der Waals surface area contributed by atoms with Crippen molar-refractivity contribution in [3.05, 3.63) is 57.3 Å². The van der Waals surface area contributed by atoms with Crippen molar-refractivity contribution in [1.29, 1.82) is 0 Å². The molecule has 3 rings (SSSR count). The minimum Gasteiger partial charge on any atom is -0.368 e. The first-order valence-electron chi connectivity index (χ1n) is 9.02. The number of hydrogen-bond acceptors (Lipinski definition) is 4. The molecule has 1 aliphatic rings. The summed E-state index contributed by atoms with van der Waals surface area (Å²) in [6.07, 6.45) is 0.101. The van der Waals surface area contributed by atoms with Crippen LogP contribution in [0.3, 0.4) is 0 Å². The van der Waals surface area contributed by atoms with Gasteiger partial charge in [0.05, 0.1) is 6.42 Å². The lowest BCUT2D eigenvalue weighted by Gasteiger charge is -2.41. The Labute approximate surface area is 153 Å². The molecular weight excluding hydrogens is 328 g/mol. The Kier molecular flexibility index (Phi) is 5.11. The van der Waals surface area contributed by atoms with E-state index in [1.807, 2.05) is 4.90 Å². The first-order chi connectivity index (χ1) is 12.3. The maximum atomic E-state index is 12.8. The van der Waals surface area contributed by atoms with Crippen LogP contribution in [0.15, 0.2) is 29.1 Å². The van der Waals surface area contributed by atoms with E-state index in [0.717, 1.165) is 13.1 Å². The predicted octanol–water partition coefficient (Wildman–Crippen LogP) is 1.97. The van der Waals surface area contributed by atoms with Crippen LogP contribution in [0.5, 0.6) is 0 Å². The monoisotopic (exact) mass is 354 g/mol. The molecule has 0 bridgehead atoms. The summed E-state index contributed by atoms with van der Waals surface area (Å²) >= 11 is 0. The molecule has 1 aliphatic heterocycles. The molecule has 1 aromatic heterocycles. The van der Waals surface area contributed by atoms with Gasteiger partial charge in [0.25, 0.3) is 5.56 Å². The smallest absolute Gasteiger partial charge is 0.254 e. The molecule has 6 nitrogen and oxygen atoms in total. The molecule has 2 aromatic rings. The molecular formula is C20H26N4O2. The second-order valence-electron chi connectivity index (χ2n) is 7.11. The average Bonchev–Trinajstić information content (AvgIpc) is 2.58. The third-order valence-electron chi connectivity index (χ3n) is 5.02. The highest BCUT2D eigenvalue weighted by atomic mass is 16.2. The van der Waals surface area contributed by atoms with E-state index in [1.165, 1.54) is 11.3 Å². The van der Waals surface area contributed by atoms with Gasteiger partial charge < -0.3 is 14.8 Å². The van der Waals surface area contributed by atoms with Crippen LogP contribution in [0.4, 0.5) is 5.69 Å². The highest BCUT2D eigenvalue weighted by Crippen LogP contribution is 2.20. The summed E-state index contributed by atoms with van der Waals surface area (Å²) < 4.78 is 0. The zero-order chi connectivity index (χ0) is 18.8. The number of carbonyl (C=O) groups is 1. The number of nitrogens with one attached hydrogen (secondary N) is 1. The molecule has 1 saturated heterocycles.